The predicted octanol–water partition coefficient (Wildman–Crippen LogP) is 1.66. The molecule has 1 amide bonds. The first-order chi connectivity index (χ1) is 10.5. The van der Waals surface area contributed by atoms with Crippen molar-refractivity contribution in [1.82, 2.24) is 10.6 Å². The van der Waals surface area contributed by atoms with Crippen LogP contribution in [0.25, 0.3) is 0 Å². The highest BCUT2D eigenvalue weighted by molar-refractivity contribution is 6.30. The molecule has 0 bridgehead atoms. The van der Waals surface area contributed by atoms with Crippen molar-refractivity contribution in [2.75, 3.05) is 33.4 Å². The van der Waals surface area contributed by atoms with Gasteiger partial charge >= 0.3 is 0 Å². The standard InChI is InChI=1S/C15H20ClFN2O3/c1-10(20)19-9-15(21-2)8-18-5-6-22-14(15)11-3-4-12(16)13(17)7-11/h3-4,7,14,18H,5-6,8-9H2,1-2H3,(H,19,20). The number of nitrogens with one attached hydrogen (secondary N) is 2. The second-order valence-electron chi connectivity index (χ2n) is 5.28. The van der Waals surface area contributed by atoms with E-state index >= 15 is 0 Å². The van der Waals surface area contributed by atoms with E-state index in [-0.39, 0.29) is 17.5 Å². The summed E-state index contributed by atoms with van der Waals surface area (Å²) in [5.74, 6) is -0.675. The second-order valence-corrected chi connectivity index (χ2v) is 5.69. The lowest BCUT2D eigenvalue weighted by Crippen LogP contribution is -2.54. The van der Waals surface area contributed by atoms with Gasteiger partial charge in [0.15, 0.2) is 0 Å². The topological polar surface area (TPSA) is 59.6 Å². The molecule has 0 saturated carbocycles. The number of rotatable bonds is 4. The lowest BCUT2D eigenvalue weighted by molar-refractivity contribution is -0.129. The Morgan fingerprint density at radius 2 is 2.41 bits per heavy atom. The molecule has 5 nitrogen and oxygen atoms in total. The Morgan fingerprint density at radius 1 is 1.64 bits per heavy atom. The van der Waals surface area contributed by atoms with Gasteiger partial charge in [-0.3, -0.25) is 4.79 Å². The number of carbonyl (C=O) groups excluding carboxylic acids is 1. The van der Waals surface area contributed by atoms with Crippen LogP contribution in [0.4, 0.5) is 4.39 Å². The van der Waals surface area contributed by atoms with Crippen LogP contribution < -0.4 is 10.6 Å². The molecule has 0 aliphatic carbocycles. The summed E-state index contributed by atoms with van der Waals surface area (Å²) in [6, 6.07) is 4.55. The summed E-state index contributed by atoms with van der Waals surface area (Å²) in [7, 11) is 1.55. The molecule has 0 spiro atoms. The van der Waals surface area contributed by atoms with Gasteiger partial charge in [-0.25, -0.2) is 4.39 Å². The van der Waals surface area contributed by atoms with Crippen LogP contribution in [0.1, 0.15) is 18.6 Å². The van der Waals surface area contributed by atoms with Crippen molar-refractivity contribution < 1.29 is 18.7 Å². The van der Waals surface area contributed by atoms with Gasteiger partial charge < -0.3 is 20.1 Å². The molecule has 2 N–H and O–H groups in total. The largest absolute Gasteiger partial charge is 0.372 e. The van der Waals surface area contributed by atoms with Gasteiger partial charge in [0.05, 0.1) is 18.2 Å². The summed E-state index contributed by atoms with van der Waals surface area (Å²) in [4.78, 5) is 11.3. The first-order valence-corrected chi connectivity index (χ1v) is 7.43. The van der Waals surface area contributed by atoms with E-state index in [4.69, 9.17) is 21.1 Å². The lowest BCUT2D eigenvalue weighted by Gasteiger charge is -2.38. The summed E-state index contributed by atoms with van der Waals surface area (Å²) in [5.41, 5.74) is -0.208. The van der Waals surface area contributed by atoms with E-state index < -0.39 is 17.5 Å². The molecule has 22 heavy (non-hydrogen) atoms. The Bertz CT molecular complexity index is 544. The molecule has 1 aliphatic rings. The van der Waals surface area contributed by atoms with Crippen LogP contribution in [0.2, 0.25) is 5.02 Å². The number of carbonyl (C=O) groups is 1. The van der Waals surface area contributed by atoms with E-state index in [1.165, 1.54) is 19.1 Å². The minimum atomic E-state index is -0.831. The van der Waals surface area contributed by atoms with E-state index in [2.05, 4.69) is 10.6 Å². The average Bonchev–Trinajstić information content (AvgIpc) is 2.71. The molecule has 1 heterocycles. The van der Waals surface area contributed by atoms with Crippen molar-refractivity contribution in [2.45, 2.75) is 18.6 Å². The summed E-state index contributed by atoms with van der Waals surface area (Å²) in [6.45, 7) is 3.27. The molecule has 2 unspecified atom stereocenters. The number of methoxy groups -OCH3 is 1. The molecule has 1 aromatic rings. The van der Waals surface area contributed by atoms with E-state index in [1.807, 2.05) is 0 Å². The normalized spacial score (nSPS) is 25.5. The number of hydrogen-bond donors (Lipinski definition) is 2. The molecule has 122 valence electrons. The number of benzene rings is 1. The third-order valence-electron chi connectivity index (χ3n) is 3.75. The van der Waals surface area contributed by atoms with E-state index in [0.29, 0.717) is 25.3 Å². The second kappa shape index (κ2) is 7.37. The number of halogens is 2. The minimum absolute atomic E-state index is 0.0559. The maximum absolute atomic E-state index is 13.8. The van der Waals surface area contributed by atoms with Gasteiger partial charge in [0, 0.05) is 27.1 Å². The molecule has 1 aliphatic heterocycles. The van der Waals surface area contributed by atoms with Crippen LogP contribution in [0.5, 0.6) is 0 Å². The maximum Gasteiger partial charge on any atom is 0.216 e. The van der Waals surface area contributed by atoms with Crippen LogP contribution in [0.3, 0.4) is 0 Å². The molecular weight excluding hydrogens is 311 g/mol. The molecule has 2 rings (SSSR count). The van der Waals surface area contributed by atoms with Crippen molar-refractivity contribution in [3.63, 3.8) is 0 Å². The maximum atomic E-state index is 13.8. The van der Waals surface area contributed by atoms with Gasteiger partial charge in [-0.15, -0.1) is 0 Å². The summed E-state index contributed by atoms with van der Waals surface area (Å²) >= 11 is 5.74. The molecule has 0 radical (unpaired) electrons. The Labute approximate surface area is 134 Å². The number of ether oxygens (including phenoxy) is 2. The monoisotopic (exact) mass is 330 g/mol. The Hall–Kier alpha value is -1.21. The van der Waals surface area contributed by atoms with Crippen molar-refractivity contribution in [1.29, 1.82) is 0 Å². The van der Waals surface area contributed by atoms with Crippen LogP contribution in [0, 0.1) is 5.82 Å². The Kier molecular flexibility index (Phi) is 5.74. The molecule has 7 heteroatoms. The number of hydrogen-bond acceptors (Lipinski definition) is 4. The fourth-order valence-electron chi connectivity index (χ4n) is 2.55. The van der Waals surface area contributed by atoms with E-state index in [9.17, 15) is 9.18 Å². The molecular formula is C15H20ClFN2O3. The molecule has 1 saturated heterocycles. The summed E-state index contributed by atoms with van der Waals surface area (Å²) < 4.78 is 25.4. The lowest BCUT2D eigenvalue weighted by atomic mass is 9.90. The highest BCUT2D eigenvalue weighted by Crippen LogP contribution is 2.34. The Balaban J connectivity index is 2.36. The molecule has 1 aromatic carbocycles. The molecule has 2 atom stereocenters. The quantitative estimate of drug-likeness (QED) is 0.881. The highest BCUT2D eigenvalue weighted by atomic mass is 35.5. The zero-order valence-corrected chi connectivity index (χ0v) is 13.4. The fourth-order valence-corrected chi connectivity index (χ4v) is 2.67. The average molecular weight is 331 g/mol. The van der Waals surface area contributed by atoms with Crippen molar-refractivity contribution >= 4 is 17.5 Å². The van der Waals surface area contributed by atoms with Gasteiger partial charge in [0.1, 0.15) is 17.5 Å². The van der Waals surface area contributed by atoms with Crippen LogP contribution >= 0.6 is 11.6 Å². The van der Waals surface area contributed by atoms with Gasteiger partial charge in [-0.2, -0.15) is 0 Å². The molecule has 0 aromatic heterocycles. The zero-order chi connectivity index (χ0) is 16.2. The van der Waals surface area contributed by atoms with Crippen molar-refractivity contribution in [3.05, 3.63) is 34.6 Å². The Morgan fingerprint density at radius 3 is 3.05 bits per heavy atom. The zero-order valence-electron chi connectivity index (χ0n) is 12.6. The van der Waals surface area contributed by atoms with Crippen LogP contribution in [-0.4, -0.2) is 44.9 Å². The first-order valence-electron chi connectivity index (χ1n) is 7.05. The van der Waals surface area contributed by atoms with E-state index in [0.717, 1.165) is 0 Å². The van der Waals surface area contributed by atoms with Gasteiger partial charge in [-0.1, -0.05) is 17.7 Å². The smallest absolute Gasteiger partial charge is 0.216 e. The third kappa shape index (κ3) is 3.76. The molecule has 1 fully saturated rings. The van der Waals surface area contributed by atoms with Gasteiger partial charge in [0.25, 0.3) is 0 Å². The van der Waals surface area contributed by atoms with Gasteiger partial charge in [-0.05, 0) is 17.7 Å². The summed E-state index contributed by atoms with van der Waals surface area (Å²) in [6.07, 6.45) is -0.522. The summed E-state index contributed by atoms with van der Waals surface area (Å²) in [5, 5.41) is 6.03. The predicted molar refractivity (Wildman–Crippen MR) is 81.4 cm³/mol. The van der Waals surface area contributed by atoms with Crippen LogP contribution in [0.15, 0.2) is 18.2 Å². The van der Waals surface area contributed by atoms with Crippen molar-refractivity contribution in [3.8, 4) is 0 Å². The van der Waals surface area contributed by atoms with Crippen LogP contribution in [-0.2, 0) is 14.3 Å². The highest BCUT2D eigenvalue weighted by Gasteiger charge is 2.42. The van der Waals surface area contributed by atoms with Crippen molar-refractivity contribution in [2.24, 2.45) is 0 Å². The minimum Gasteiger partial charge on any atom is -0.372 e. The first kappa shape index (κ1) is 17.1. The number of amides is 1. The fraction of sp³-hybridized carbons (Fsp3) is 0.533. The van der Waals surface area contributed by atoms with E-state index in [1.54, 1.807) is 13.2 Å². The third-order valence-corrected chi connectivity index (χ3v) is 4.06. The van der Waals surface area contributed by atoms with Gasteiger partial charge in [0.2, 0.25) is 5.91 Å². The SMILES string of the molecule is COC1(CNC(C)=O)CNCCOC1c1ccc(Cl)c(F)c1.